The number of pyridine rings is 1. The summed E-state index contributed by atoms with van der Waals surface area (Å²) in [5, 5.41) is 1.90. The molecule has 3 rings (SSSR count). The molecular weight excluding hydrogens is 376 g/mol. The summed E-state index contributed by atoms with van der Waals surface area (Å²) in [6.07, 6.45) is 3.36. The first-order chi connectivity index (χ1) is 10.0. The van der Waals surface area contributed by atoms with Crippen molar-refractivity contribution in [2.45, 2.75) is 17.3 Å². The summed E-state index contributed by atoms with van der Waals surface area (Å²) in [6.45, 7) is 2.02. The third kappa shape index (κ3) is 3.14. The van der Waals surface area contributed by atoms with E-state index in [0.29, 0.717) is 16.1 Å². The molecule has 0 spiro atoms. The number of anilines is 1. The van der Waals surface area contributed by atoms with Crippen LogP contribution in [0.15, 0.2) is 38.6 Å². The number of hydrogen-bond donors (Lipinski definition) is 1. The molecule has 0 aromatic carbocycles. The first kappa shape index (κ1) is 14.6. The molecule has 3 aromatic heterocycles. The highest BCUT2D eigenvalue weighted by Gasteiger charge is 2.14. The van der Waals surface area contributed by atoms with E-state index in [2.05, 4.69) is 30.9 Å². The molecule has 3 aromatic rings. The number of halogens is 2. The fourth-order valence-corrected chi connectivity index (χ4v) is 3.35. The van der Waals surface area contributed by atoms with E-state index in [4.69, 9.17) is 21.8 Å². The van der Waals surface area contributed by atoms with Gasteiger partial charge in [0.25, 0.3) is 0 Å². The monoisotopic (exact) mass is 384 g/mol. The molecule has 0 aliphatic rings. The minimum Gasteiger partial charge on any atom is -0.461 e. The highest BCUT2D eigenvalue weighted by molar-refractivity contribution is 9.10. The summed E-state index contributed by atoms with van der Waals surface area (Å²) in [7, 11) is 0. The third-order valence-corrected chi connectivity index (χ3v) is 4.62. The van der Waals surface area contributed by atoms with E-state index in [-0.39, 0.29) is 5.25 Å². The molecule has 0 amide bonds. The van der Waals surface area contributed by atoms with Crippen LogP contribution in [-0.4, -0.2) is 15.0 Å². The van der Waals surface area contributed by atoms with Crippen molar-refractivity contribution in [1.82, 2.24) is 15.0 Å². The number of rotatable bonds is 3. The minimum absolute atomic E-state index is 0.0501. The standard InChI is InChI=1S/C13H10BrClN4OS/c1-6(21-13-18-11(15)3-12(16)19-13)9-2-7-8(14)5-20-10(7)4-17-9/h2-6H,1H3,(H2,16,18,19). The van der Waals surface area contributed by atoms with Crippen LogP contribution in [0.5, 0.6) is 0 Å². The van der Waals surface area contributed by atoms with Gasteiger partial charge in [0, 0.05) is 11.5 Å². The van der Waals surface area contributed by atoms with E-state index in [1.807, 2.05) is 13.0 Å². The largest absolute Gasteiger partial charge is 0.461 e. The van der Waals surface area contributed by atoms with Crippen molar-refractivity contribution in [3.63, 3.8) is 0 Å². The van der Waals surface area contributed by atoms with Crippen LogP contribution in [0.4, 0.5) is 5.82 Å². The van der Waals surface area contributed by atoms with E-state index in [9.17, 15) is 0 Å². The lowest BCUT2D eigenvalue weighted by molar-refractivity contribution is 0.612. The Labute approximate surface area is 138 Å². The smallest absolute Gasteiger partial charge is 0.191 e. The maximum absolute atomic E-state index is 5.89. The summed E-state index contributed by atoms with van der Waals surface area (Å²) < 4.78 is 6.26. The van der Waals surface area contributed by atoms with Crippen molar-refractivity contribution in [3.8, 4) is 0 Å². The molecule has 0 aliphatic heterocycles. The minimum atomic E-state index is 0.0501. The van der Waals surface area contributed by atoms with Gasteiger partial charge in [0.05, 0.1) is 21.6 Å². The predicted molar refractivity (Wildman–Crippen MR) is 87.4 cm³/mol. The van der Waals surface area contributed by atoms with Gasteiger partial charge in [-0.2, -0.15) is 0 Å². The Morgan fingerprint density at radius 3 is 2.95 bits per heavy atom. The van der Waals surface area contributed by atoms with Crippen LogP contribution in [0.1, 0.15) is 17.9 Å². The van der Waals surface area contributed by atoms with Crippen molar-refractivity contribution in [3.05, 3.63) is 39.9 Å². The van der Waals surface area contributed by atoms with Crippen molar-refractivity contribution >= 4 is 56.1 Å². The number of fused-ring (bicyclic) bond motifs is 1. The maximum Gasteiger partial charge on any atom is 0.191 e. The highest BCUT2D eigenvalue weighted by Crippen LogP contribution is 2.35. The Balaban J connectivity index is 1.89. The third-order valence-electron chi connectivity index (χ3n) is 2.83. The Morgan fingerprint density at radius 2 is 2.19 bits per heavy atom. The van der Waals surface area contributed by atoms with Gasteiger partial charge in [-0.3, -0.25) is 4.98 Å². The van der Waals surface area contributed by atoms with Gasteiger partial charge in [-0.1, -0.05) is 23.4 Å². The molecule has 0 saturated heterocycles. The molecule has 0 radical (unpaired) electrons. The zero-order valence-corrected chi connectivity index (χ0v) is 14.0. The maximum atomic E-state index is 5.89. The molecule has 1 atom stereocenters. The van der Waals surface area contributed by atoms with Gasteiger partial charge >= 0.3 is 0 Å². The summed E-state index contributed by atoms with van der Waals surface area (Å²) >= 11 is 10.8. The van der Waals surface area contributed by atoms with Gasteiger partial charge < -0.3 is 10.2 Å². The predicted octanol–water partition coefficient (Wildman–Crippen LogP) is 4.47. The number of aromatic nitrogens is 3. The number of nitrogen functional groups attached to an aromatic ring is 1. The molecule has 1 unspecified atom stereocenters. The van der Waals surface area contributed by atoms with Crippen LogP contribution in [0.25, 0.3) is 11.0 Å². The van der Waals surface area contributed by atoms with Crippen LogP contribution in [0, 0.1) is 0 Å². The molecule has 0 saturated carbocycles. The number of hydrogen-bond acceptors (Lipinski definition) is 6. The molecule has 8 heteroatoms. The summed E-state index contributed by atoms with van der Waals surface area (Å²) in [6, 6.07) is 3.50. The zero-order valence-electron chi connectivity index (χ0n) is 10.9. The van der Waals surface area contributed by atoms with Gasteiger partial charge in [-0.15, -0.1) is 0 Å². The van der Waals surface area contributed by atoms with E-state index in [1.165, 1.54) is 17.8 Å². The zero-order chi connectivity index (χ0) is 15.0. The van der Waals surface area contributed by atoms with E-state index >= 15 is 0 Å². The van der Waals surface area contributed by atoms with Gasteiger partial charge in [0.15, 0.2) is 10.7 Å². The van der Waals surface area contributed by atoms with Crippen molar-refractivity contribution < 1.29 is 4.42 Å². The Hall–Kier alpha value is -1.31. The summed E-state index contributed by atoms with van der Waals surface area (Å²) in [4.78, 5) is 12.7. The summed E-state index contributed by atoms with van der Waals surface area (Å²) in [5.74, 6) is 0.352. The lowest BCUT2D eigenvalue weighted by Gasteiger charge is -2.10. The van der Waals surface area contributed by atoms with E-state index in [1.54, 1.807) is 12.5 Å². The van der Waals surface area contributed by atoms with E-state index < -0.39 is 0 Å². The van der Waals surface area contributed by atoms with Crippen LogP contribution in [0.2, 0.25) is 5.15 Å². The van der Waals surface area contributed by atoms with Crippen LogP contribution >= 0.6 is 39.3 Å². The Morgan fingerprint density at radius 1 is 1.38 bits per heavy atom. The Bertz CT molecular complexity index is 790. The van der Waals surface area contributed by atoms with Gasteiger partial charge in [-0.05, 0) is 28.9 Å². The van der Waals surface area contributed by atoms with Gasteiger partial charge in [-0.25, -0.2) is 9.97 Å². The van der Waals surface area contributed by atoms with Crippen LogP contribution in [-0.2, 0) is 0 Å². The first-order valence-electron chi connectivity index (χ1n) is 6.02. The molecule has 3 heterocycles. The fourth-order valence-electron chi connectivity index (χ4n) is 1.83. The SMILES string of the molecule is CC(Sc1nc(N)cc(Cl)n1)c1cc2c(Br)coc2cn1. The second-order valence-corrected chi connectivity index (χ2v) is 6.90. The van der Waals surface area contributed by atoms with E-state index in [0.717, 1.165) is 21.1 Å². The average molecular weight is 386 g/mol. The van der Waals surface area contributed by atoms with Crippen molar-refractivity contribution in [1.29, 1.82) is 0 Å². The van der Waals surface area contributed by atoms with Crippen LogP contribution in [0.3, 0.4) is 0 Å². The number of nitrogens with zero attached hydrogens (tertiary/aromatic N) is 3. The molecule has 0 aliphatic carbocycles. The molecular formula is C13H10BrClN4OS. The number of thioether (sulfide) groups is 1. The molecule has 108 valence electrons. The van der Waals surface area contributed by atoms with Crippen molar-refractivity contribution in [2.24, 2.45) is 0 Å². The lowest BCUT2D eigenvalue weighted by atomic mass is 10.2. The van der Waals surface area contributed by atoms with Crippen LogP contribution < -0.4 is 5.73 Å². The number of furan rings is 1. The molecule has 5 nitrogen and oxygen atoms in total. The summed E-state index contributed by atoms with van der Waals surface area (Å²) in [5.41, 5.74) is 7.31. The first-order valence-corrected chi connectivity index (χ1v) is 8.07. The van der Waals surface area contributed by atoms with Gasteiger partial charge in [0.1, 0.15) is 17.2 Å². The van der Waals surface area contributed by atoms with Gasteiger partial charge in [0.2, 0.25) is 0 Å². The highest BCUT2D eigenvalue weighted by atomic mass is 79.9. The molecule has 0 bridgehead atoms. The molecule has 21 heavy (non-hydrogen) atoms. The fraction of sp³-hybridized carbons (Fsp3) is 0.154. The average Bonchev–Trinajstić information content (AvgIpc) is 2.79. The lowest BCUT2D eigenvalue weighted by Crippen LogP contribution is -1.98. The second-order valence-electron chi connectivity index (χ2n) is 4.35. The quantitative estimate of drug-likeness (QED) is 0.407. The number of nitrogens with two attached hydrogens (primary N) is 1. The normalized spacial score (nSPS) is 12.7. The van der Waals surface area contributed by atoms with Crippen molar-refractivity contribution in [2.75, 3.05) is 5.73 Å². The molecule has 2 N–H and O–H groups in total. The molecule has 0 fully saturated rings. The second kappa shape index (κ2) is 5.82. The Kier molecular flexibility index (Phi) is 4.05. The topological polar surface area (TPSA) is 77.8 Å².